The smallest absolute Gasteiger partial charge is 0.160 e. The molecule has 1 aromatic heterocycles. The van der Waals surface area contributed by atoms with E-state index in [-0.39, 0.29) is 5.54 Å². The van der Waals surface area contributed by atoms with Crippen LogP contribution in [-0.4, -0.2) is 18.4 Å². The van der Waals surface area contributed by atoms with Gasteiger partial charge in [0.05, 0.1) is 9.88 Å². The Morgan fingerprint density at radius 3 is 2.79 bits per heavy atom. The van der Waals surface area contributed by atoms with Gasteiger partial charge in [0, 0.05) is 12.1 Å². The van der Waals surface area contributed by atoms with Gasteiger partial charge in [-0.15, -0.1) is 11.3 Å². The number of carbonyl (C=O) groups is 1. The lowest BCUT2D eigenvalue weighted by Crippen LogP contribution is -2.37. The van der Waals surface area contributed by atoms with Crippen LogP contribution in [0.5, 0.6) is 0 Å². The highest BCUT2D eigenvalue weighted by molar-refractivity contribution is 7.17. The standard InChI is InChI=1S/C11H15NOS/c1-11(2)6-3-7-12(11)10-5-4-9(8-13)14-10/h4-5,8H,3,6-7H2,1-2H3. The van der Waals surface area contributed by atoms with Crippen LogP contribution in [0.3, 0.4) is 0 Å². The molecule has 0 bridgehead atoms. The number of carbonyl (C=O) groups excluding carboxylic acids is 1. The summed E-state index contributed by atoms with van der Waals surface area (Å²) in [5, 5.41) is 1.23. The van der Waals surface area contributed by atoms with E-state index in [0.717, 1.165) is 17.7 Å². The largest absolute Gasteiger partial charge is 0.358 e. The Morgan fingerprint density at radius 2 is 2.29 bits per heavy atom. The van der Waals surface area contributed by atoms with Crippen LogP contribution >= 0.6 is 11.3 Å². The lowest BCUT2D eigenvalue weighted by molar-refractivity contribution is 0.112. The highest BCUT2D eigenvalue weighted by Gasteiger charge is 2.32. The third-order valence-corrected chi connectivity index (χ3v) is 3.93. The van der Waals surface area contributed by atoms with Crippen LogP contribution in [-0.2, 0) is 0 Å². The fourth-order valence-electron chi connectivity index (χ4n) is 2.07. The minimum atomic E-state index is 0.255. The Kier molecular flexibility index (Phi) is 2.35. The molecule has 0 amide bonds. The Balaban J connectivity index is 2.26. The minimum absolute atomic E-state index is 0.255. The molecule has 0 spiro atoms. The SMILES string of the molecule is CC1(C)CCCN1c1ccc(C=O)s1. The van der Waals surface area contributed by atoms with Crippen molar-refractivity contribution in [1.82, 2.24) is 0 Å². The molecule has 0 aliphatic carbocycles. The normalized spacial score (nSPS) is 20.0. The fourth-order valence-corrected chi connectivity index (χ4v) is 3.08. The summed E-state index contributed by atoms with van der Waals surface area (Å²) < 4.78 is 0. The van der Waals surface area contributed by atoms with Crippen LogP contribution in [0.2, 0.25) is 0 Å². The van der Waals surface area contributed by atoms with Crippen LogP contribution < -0.4 is 4.90 Å². The lowest BCUT2D eigenvalue weighted by Gasteiger charge is -2.32. The molecule has 76 valence electrons. The summed E-state index contributed by atoms with van der Waals surface area (Å²) in [5.74, 6) is 0. The zero-order chi connectivity index (χ0) is 10.2. The summed E-state index contributed by atoms with van der Waals surface area (Å²) in [7, 11) is 0. The highest BCUT2D eigenvalue weighted by Crippen LogP contribution is 2.37. The van der Waals surface area contributed by atoms with Crippen molar-refractivity contribution >= 4 is 22.6 Å². The average Bonchev–Trinajstić information content (AvgIpc) is 2.70. The first-order valence-electron chi connectivity index (χ1n) is 4.96. The zero-order valence-corrected chi connectivity index (χ0v) is 9.43. The molecule has 0 atom stereocenters. The molecule has 1 aliphatic heterocycles. The number of hydrogen-bond donors (Lipinski definition) is 0. The molecule has 2 nitrogen and oxygen atoms in total. The van der Waals surface area contributed by atoms with Crippen LogP contribution in [0.15, 0.2) is 12.1 Å². The van der Waals surface area contributed by atoms with E-state index < -0.39 is 0 Å². The van der Waals surface area contributed by atoms with Crippen molar-refractivity contribution in [2.24, 2.45) is 0 Å². The second-order valence-corrected chi connectivity index (χ2v) is 5.46. The third-order valence-electron chi connectivity index (χ3n) is 2.90. The van der Waals surface area contributed by atoms with E-state index in [1.54, 1.807) is 11.3 Å². The predicted octanol–water partition coefficient (Wildman–Crippen LogP) is 2.94. The Labute approximate surface area is 88.5 Å². The molecule has 0 saturated carbocycles. The van der Waals surface area contributed by atoms with Crippen LogP contribution in [0, 0.1) is 0 Å². The van der Waals surface area contributed by atoms with E-state index in [0.29, 0.717) is 0 Å². The molecule has 0 radical (unpaired) electrons. The summed E-state index contributed by atoms with van der Waals surface area (Å²) in [4.78, 5) is 13.8. The number of aldehydes is 1. The van der Waals surface area contributed by atoms with Crippen LogP contribution in [0.4, 0.5) is 5.00 Å². The maximum Gasteiger partial charge on any atom is 0.160 e. The van der Waals surface area contributed by atoms with Gasteiger partial charge in [0.25, 0.3) is 0 Å². The van der Waals surface area contributed by atoms with Gasteiger partial charge in [-0.3, -0.25) is 4.79 Å². The van der Waals surface area contributed by atoms with Crippen molar-refractivity contribution in [3.63, 3.8) is 0 Å². The second kappa shape index (κ2) is 3.39. The molecule has 1 aliphatic rings. The van der Waals surface area contributed by atoms with Gasteiger partial charge in [0.1, 0.15) is 0 Å². The van der Waals surface area contributed by atoms with Crippen molar-refractivity contribution in [1.29, 1.82) is 0 Å². The number of hydrogen-bond acceptors (Lipinski definition) is 3. The molecular weight excluding hydrogens is 194 g/mol. The fraction of sp³-hybridized carbons (Fsp3) is 0.545. The van der Waals surface area contributed by atoms with Gasteiger partial charge in [-0.25, -0.2) is 0 Å². The van der Waals surface area contributed by atoms with Crippen molar-refractivity contribution < 1.29 is 4.79 Å². The van der Waals surface area contributed by atoms with E-state index in [9.17, 15) is 4.79 Å². The maximum absolute atomic E-state index is 10.6. The van der Waals surface area contributed by atoms with Crippen LogP contribution in [0.25, 0.3) is 0 Å². The minimum Gasteiger partial charge on any atom is -0.358 e. The number of rotatable bonds is 2. The van der Waals surface area contributed by atoms with Crippen molar-refractivity contribution in [2.75, 3.05) is 11.4 Å². The van der Waals surface area contributed by atoms with Crippen molar-refractivity contribution in [2.45, 2.75) is 32.2 Å². The Hall–Kier alpha value is -0.830. The lowest BCUT2D eigenvalue weighted by atomic mass is 10.0. The monoisotopic (exact) mass is 209 g/mol. The number of anilines is 1. The molecule has 0 aromatic carbocycles. The van der Waals surface area contributed by atoms with Crippen molar-refractivity contribution in [3.05, 3.63) is 17.0 Å². The van der Waals surface area contributed by atoms with Crippen LogP contribution in [0.1, 0.15) is 36.4 Å². The first kappa shape index (κ1) is 9.71. The summed E-state index contributed by atoms with van der Waals surface area (Å²) in [6, 6.07) is 3.96. The van der Waals surface area contributed by atoms with E-state index >= 15 is 0 Å². The molecular formula is C11H15NOS. The molecule has 0 unspecified atom stereocenters. The molecule has 1 fully saturated rings. The summed E-state index contributed by atoms with van der Waals surface area (Å²) in [5.41, 5.74) is 0.255. The van der Waals surface area contributed by atoms with Gasteiger partial charge in [-0.05, 0) is 38.8 Å². The molecule has 2 heterocycles. The number of nitrogens with zero attached hydrogens (tertiary/aromatic N) is 1. The Morgan fingerprint density at radius 1 is 1.50 bits per heavy atom. The van der Waals surface area contributed by atoms with Gasteiger partial charge in [-0.2, -0.15) is 0 Å². The van der Waals surface area contributed by atoms with Gasteiger partial charge < -0.3 is 4.90 Å². The van der Waals surface area contributed by atoms with Gasteiger partial charge in [0.15, 0.2) is 6.29 Å². The van der Waals surface area contributed by atoms with E-state index in [4.69, 9.17) is 0 Å². The second-order valence-electron chi connectivity index (χ2n) is 4.36. The quantitative estimate of drug-likeness (QED) is 0.698. The predicted molar refractivity (Wildman–Crippen MR) is 60.4 cm³/mol. The topological polar surface area (TPSA) is 20.3 Å². The van der Waals surface area contributed by atoms with E-state index in [2.05, 4.69) is 24.8 Å². The zero-order valence-electron chi connectivity index (χ0n) is 8.62. The highest BCUT2D eigenvalue weighted by atomic mass is 32.1. The maximum atomic E-state index is 10.6. The molecule has 1 saturated heterocycles. The summed E-state index contributed by atoms with van der Waals surface area (Å²) >= 11 is 1.59. The molecule has 2 rings (SSSR count). The first-order chi connectivity index (χ1) is 6.63. The molecule has 14 heavy (non-hydrogen) atoms. The average molecular weight is 209 g/mol. The van der Waals surface area contributed by atoms with E-state index in [1.165, 1.54) is 17.8 Å². The summed E-state index contributed by atoms with van der Waals surface area (Å²) in [6.45, 7) is 5.65. The van der Waals surface area contributed by atoms with E-state index in [1.807, 2.05) is 6.07 Å². The van der Waals surface area contributed by atoms with Gasteiger partial charge in [0.2, 0.25) is 0 Å². The first-order valence-corrected chi connectivity index (χ1v) is 5.78. The van der Waals surface area contributed by atoms with Gasteiger partial charge >= 0.3 is 0 Å². The molecule has 3 heteroatoms. The summed E-state index contributed by atoms with van der Waals surface area (Å²) in [6.07, 6.45) is 3.42. The van der Waals surface area contributed by atoms with Gasteiger partial charge in [-0.1, -0.05) is 0 Å². The van der Waals surface area contributed by atoms with Crippen molar-refractivity contribution in [3.8, 4) is 0 Å². The number of thiophene rings is 1. The molecule has 0 N–H and O–H groups in total. The molecule has 1 aromatic rings. The third kappa shape index (κ3) is 1.57. The Bertz CT molecular complexity index is 343.